The first-order valence-corrected chi connectivity index (χ1v) is 11.8. The fourth-order valence-electron chi connectivity index (χ4n) is 4.75. The molecule has 0 amide bonds. The number of hydrogen-bond donors (Lipinski definition) is 3. The fraction of sp³-hybridized carbons (Fsp3) is 0.320. The van der Waals surface area contributed by atoms with Gasteiger partial charge in [-0.3, -0.25) is 11.2 Å². The van der Waals surface area contributed by atoms with Crippen LogP contribution in [0, 0.1) is 0 Å². The zero-order valence-corrected chi connectivity index (χ0v) is 19.3. The van der Waals surface area contributed by atoms with E-state index < -0.39 is 6.29 Å². The van der Waals surface area contributed by atoms with Gasteiger partial charge >= 0.3 is 0 Å². The molecule has 1 aliphatic carbocycles. The molecule has 9 nitrogen and oxygen atoms in total. The van der Waals surface area contributed by atoms with E-state index in [1.54, 1.807) is 5.01 Å². The molecular weight excluding hydrogens is 426 g/mol. The number of fused-ring (bicyclic) bond motifs is 3. The topological polar surface area (TPSA) is 97.9 Å². The molecule has 6 rings (SSSR count). The van der Waals surface area contributed by atoms with Crippen molar-refractivity contribution in [1.82, 2.24) is 20.3 Å². The lowest BCUT2D eigenvalue weighted by Gasteiger charge is -2.34. The highest BCUT2D eigenvalue weighted by atomic mass is 15.7. The van der Waals surface area contributed by atoms with Crippen LogP contribution in [-0.4, -0.2) is 60.3 Å². The molecule has 0 bridgehead atoms. The maximum absolute atomic E-state index is 6.30. The highest BCUT2D eigenvalue weighted by Crippen LogP contribution is 2.32. The minimum absolute atomic E-state index is 0.508. The molecule has 3 aliphatic rings. The van der Waals surface area contributed by atoms with Crippen LogP contribution in [0.3, 0.4) is 0 Å². The standard InChI is InChI=1S/C25H29N9/c1-32-12-14-33(15-13-32)20-10-8-19(9-11-20)28-24-30-23(26)34(31-24)25-27-16-18-7-6-17-4-2-3-5-21(17)22(18)29-25/h2-5,8-11,16,23H,6-7,12-15,26H2,1H3,(H2,28,30,31). The van der Waals surface area contributed by atoms with Crippen molar-refractivity contribution in [3.63, 3.8) is 0 Å². The number of nitrogens with one attached hydrogen (secondary N) is 2. The number of piperazine rings is 1. The number of nitrogens with two attached hydrogens (primary N) is 1. The number of aliphatic imine (C=N–C) groups is 1. The van der Waals surface area contributed by atoms with Gasteiger partial charge in [-0.2, -0.15) is 0 Å². The van der Waals surface area contributed by atoms with Crippen molar-refractivity contribution in [3.05, 3.63) is 65.9 Å². The molecule has 174 valence electrons. The predicted octanol–water partition coefficient (Wildman–Crippen LogP) is 2.03. The van der Waals surface area contributed by atoms with Crippen molar-refractivity contribution in [3.8, 4) is 11.3 Å². The van der Waals surface area contributed by atoms with Gasteiger partial charge in [-0.25, -0.2) is 20.0 Å². The van der Waals surface area contributed by atoms with Crippen LogP contribution in [0.2, 0.25) is 0 Å². The molecule has 1 aromatic heterocycles. The first kappa shape index (κ1) is 20.9. The Labute approximate surface area is 199 Å². The third-order valence-electron chi connectivity index (χ3n) is 6.75. The second-order valence-corrected chi connectivity index (χ2v) is 9.04. The normalized spacial score (nSPS) is 19.8. The molecule has 0 saturated carbocycles. The van der Waals surface area contributed by atoms with Crippen molar-refractivity contribution in [2.45, 2.75) is 19.1 Å². The van der Waals surface area contributed by atoms with Crippen LogP contribution in [0.25, 0.3) is 11.3 Å². The van der Waals surface area contributed by atoms with E-state index in [2.05, 4.69) is 86.1 Å². The predicted molar refractivity (Wildman–Crippen MR) is 136 cm³/mol. The van der Waals surface area contributed by atoms with Gasteiger partial charge in [-0.05, 0) is 55.3 Å². The number of aromatic nitrogens is 2. The van der Waals surface area contributed by atoms with Crippen LogP contribution in [0.4, 0.5) is 17.3 Å². The molecule has 1 saturated heterocycles. The number of hydrogen-bond acceptors (Lipinski definition) is 9. The van der Waals surface area contributed by atoms with E-state index in [1.807, 2.05) is 6.20 Å². The van der Waals surface area contributed by atoms with E-state index in [9.17, 15) is 0 Å². The summed E-state index contributed by atoms with van der Waals surface area (Å²) in [7, 11) is 2.17. The maximum Gasteiger partial charge on any atom is 0.248 e. The van der Waals surface area contributed by atoms with Crippen molar-refractivity contribution < 1.29 is 0 Å². The van der Waals surface area contributed by atoms with E-state index in [-0.39, 0.29) is 0 Å². The van der Waals surface area contributed by atoms with E-state index in [4.69, 9.17) is 10.7 Å². The van der Waals surface area contributed by atoms with Gasteiger partial charge < -0.3 is 15.1 Å². The summed E-state index contributed by atoms with van der Waals surface area (Å²) < 4.78 is 0. The molecule has 4 N–H and O–H groups in total. The van der Waals surface area contributed by atoms with Crippen LogP contribution in [0.15, 0.2) is 59.7 Å². The number of hydrazine groups is 1. The number of benzene rings is 2. The summed E-state index contributed by atoms with van der Waals surface area (Å²) in [5.41, 5.74) is 16.3. The Kier molecular flexibility index (Phi) is 5.27. The molecule has 2 aromatic carbocycles. The molecule has 9 heteroatoms. The Bertz CT molecular complexity index is 1220. The van der Waals surface area contributed by atoms with Crippen molar-refractivity contribution >= 4 is 23.3 Å². The smallest absolute Gasteiger partial charge is 0.248 e. The van der Waals surface area contributed by atoms with E-state index in [0.717, 1.165) is 56.0 Å². The van der Waals surface area contributed by atoms with E-state index >= 15 is 0 Å². The molecule has 1 atom stereocenters. The summed E-state index contributed by atoms with van der Waals surface area (Å²) in [4.78, 5) is 18.7. The highest BCUT2D eigenvalue weighted by molar-refractivity contribution is 5.96. The molecule has 34 heavy (non-hydrogen) atoms. The van der Waals surface area contributed by atoms with Gasteiger partial charge in [-0.1, -0.05) is 24.3 Å². The molecule has 0 spiro atoms. The van der Waals surface area contributed by atoms with E-state index in [1.165, 1.54) is 16.8 Å². The Hall–Kier alpha value is -3.69. The van der Waals surface area contributed by atoms with Gasteiger partial charge in [0.05, 0.1) is 5.69 Å². The SMILES string of the molecule is CN1CCN(c2ccc(NC3=NC(N)N(c4ncc5c(n4)-c4ccccc4CC5)N3)cc2)CC1. The monoisotopic (exact) mass is 455 g/mol. The first-order valence-electron chi connectivity index (χ1n) is 11.8. The van der Waals surface area contributed by atoms with Crippen molar-refractivity contribution in [2.75, 3.05) is 48.5 Å². The average molecular weight is 456 g/mol. The maximum atomic E-state index is 6.30. The number of nitrogens with zero attached hydrogens (tertiary/aromatic N) is 6. The lowest BCUT2D eigenvalue weighted by atomic mass is 9.90. The summed E-state index contributed by atoms with van der Waals surface area (Å²) in [5.74, 6) is 1.08. The Balaban J connectivity index is 1.15. The molecule has 2 aliphatic heterocycles. The number of aryl methyl sites for hydroxylation is 2. The van der Waals surface area contributed by atoms with Crippen LogP contribution in [0.5, 0.6) is 0 Å². The molecule has 1 fully saturated rings. The highest BCUT2D eigenvalue weighted by Gasteiger charge is 2.27. The number of guanidine groups is 1. The minimum Gasteiger partial charge on any atom is -0.369 e. The lowest BCUT2D eigenvalue weighted by Crippen LogP contribution is -2.47. The Morgan fingerprint density at radius 2 is 1.74 bits per heavy atom. The van der Waals surface area contributed by atoms with E-state index in [0.29, 0.717) is 11.9 Å². The second-order valence-electron chi connectivity index (χ2n) is 9.04. The summed E-state index contributed by atoms with van der Waals surface area (Å²) in [5, 5.41) is 5.01. The summed E-state index contributed by atoms with van der Waals surface area (Å²) in [6.45, 7) is 4.27. The van der Waals surface area contributed by atoms with Crippen LogP contribution in [0.1, 0.15) is 11.1 Å². The van der Waals surface area contributed by atoms with Gasteiger partial charge in [-0.15, -0.1) is 0 Å². The molecule has 1 unspecified atom stereocenters. The largest absolute Gasteiger partial charge is 0.369 e. The third-order valence-corrected chi connectivity index (χ3v) is 6.75. The third kappa shape index (κ3) is 3.93. The quantitative estimate of drug-likeness (QED) is 0.552. The number of rotatable bonds is 3. The fourth-order valence-corrected chi connectivity index (χ4v) is 4.75. The number of likely N-dealkylation sites (N-methyl/N-ethyl adjacent to an activating group) is 1. The van der Waals surface area contributed by atoms with Gasteiger partial charge in [0.15, 0.2) is 6.29 Å². The molecule has 3 heterocycles. The van der Waals surface area contributed by atoms with Crippen molar-refractivity contribution in [1.29, 1.82) is 0 Å². The summed E-state index contributed by atoms with van der Waals surface area (Å²) in [6, 6.07) is 16.8. The summed E-state index contributed by atoms with van der Waals surface area (Å²) in [6.07, 6.45) is 3.24. The number of anilines is 3. The van der Waals surface area contributed by atoms with Gasteiger partial charge in [0, 0.05) is 49.3 Å². The van der Waals surface area contributed by atoms with Gasteiger partial charge in [0.2, 0.25) is 11.9 Å². The Morgan fingerprint density at radius 1 is 0.971 bits per heavy atom. The van der Waals surface area contributed by atoms with Gasteiger partial charge in [0.1, 0.15) is 0 Å². The zero-order valence-electron chi connectivity index (χ0n) is 19.3. The lowest BCUT2D eigenvalue weighted by molar-refractivity contribution is 0.313. The molecular formula is C25H29N9. The average Bonchev–Trinajstić information content (AvgIpc) is 3.24. The van der Waals surface area contributed by atoms with Crippen LogP contribution in [-0.2, 0) is 12.8 Å². The zero-order chi connectivity index (χ0) is 23.1. The van der Waals surface area contributed by atoms with Crippen LogP contribution >= 0.6 is 0 Å². The second kappa shape index (κ2) is 8.58. The minimum atomic E-state index is -0.621. The summed E-state index contributed by atoms with van der Waals surface area (Å²) >= 11 is 0. The molecule has 3 aromatic rings. The van der Waals surface area contributed by atoms with Gasteiger partial charge in [0.25, 0.3) is 0 Å². The van der Waals surface area contributed by atoms with Crippen molar-refractivity contribution in [2.24, 2.45) is 10.7 Å². The van der Waals surface area contributed by atoms with Crippen LogP contribution < -0.4 is 26.4 Å². The Morgan fingerprint density at radius 3 is 2.56 bits per heavy atom. The molecule has 0 radical (unpaired) electrons. The first-order chi connectivity index (χ1) is 16.6.